The third kappa shape index (κ3) is 3.37. The molecule has 2 atom stereocenters. The minimum atomic E-state index is -0.264. The monoisotopic (exact) mass is 210 g/mol. The van der Waals surface area contributed by atoms with Gasteiger partial charge in [-0.3, -0.25) is 0 Å². The molecule has 1 aliphatic rings. The van der Waals surface area contributed by atoms with Gasteiger partial charge in [0.2, 0.25) is 0 Å². The van der Waals surface area contributed by atoms with Crippen molar-refractivity contribution in [2.45, 2.75) is 58.0 Å². The minimum Gasteiger partial charge on any atom is -0.456 e. The van der Waals surface area contributed by atoms with E-state index in [1.54, 1.807) is 0 Å². The molecule has 0 radical (unpaired) electrons. The summed E-state index contributed by atoms with van der Waals surface area (Å²) in [5, 5.41) is 0. The SMILES string of the molecule is C=CC(=O)OC1(CCCC)CCC(C)C1. The van der Waals surface area contributed by atoms with Crippen LogP contribution < -0.4 is 0 Å². The second-order valence-corrected chi connectivity index (χ2v) is 4.76. The summed E-state index contributed by atoms with van der Waals surface area (Å²) in [4.78, 5) is 11.3. The molecule has 1 saturated carbocycles. The molecule has 15 heavy (non-hydrogen) atoms. The Labute approximate surface area is 92.7 Å². The highest BCUT2D eigenvalue weighted by atomic mass is 16.6. The molecule has 1 aliphatic carbocycles. The van der Waals surface area contributed by atoms with Crippen LogP contribution in [0.5, 0.6) is 0 Å². The molecule has 2 unspecified atom stereocenters. The first kappa shape index (κ1) is 12.3. The number of hydrogen-bond acceptors (Lipinski definition) is 2. The standard InChI is InChI=1S/C13H22O2/c1-4-6-8-13(15-12(14)5-2)9-7-11(3)10-13/h5,11H,2,4,6-10H2,1,3H3. The average Bonchev–Trinajstić information content (AvgIpc) is 2.57. The molecule has 0 amide bonds. The Bertz CT molecular complexity index is 235. The number of carbonyl (C=O) groups excluding carboxylic acids is 1. The summed E-state index contributed by atoms with van der Waals surface area (Å²) >= 11 is 0. The molecule has 0 spiro atoms. The zero-order chi connectivity index (χ0) is 11.3. The summed E-state index contributed by atoms with van der Waals surface area (Å²) in [6.07, 6.45) is 7.79. The van der Waals surface area contributed by atoms with Crippen LogP contribution in [0.1, 0.15) is 52.4 Å². The first-order chi connectivity index (χ1) is 7.12. The van der Waals surface area contributed by atoms with Gasteiger partial charge in [0, 0.05) is 6.08 Å². The topological polar surface area (TPSA) is 26.3 Å². The lowest BCUT2D eigenvalue weighted by molar-refractivity contribution is -0.154. The fourth-order valence-electron chi connectivity index (χ4n) is 2.47. The van der Waals surface area contributed by atoms with Crippen molar-refractivity contribution < 1.29 is 9.53 Å². The lowest BCUT2D eigenvalue weighted by Gasteiger charge is -2.28. The number of hydrogen-bond donors (Lipinski definition) is 0. The Morgan fingerprint density at radius 1 is 1.67 bits per heavy atom. The number of esters is 1. The number of rotatable bonds is 5. The number of carbonyl (C=O) groups is 1. The molecule has 1 fully saturated rings. The van der Waals surface area contributed by atoms with E-state index in [1.807, 2.05) is 0 Å². The molecule has 0 heterocycles. The Balaban J connectivity index is 2.60. The second kappa shape index (κ2) is 5.34. The van der Waals surface area contributed by atoms with Crippen molar-refractivity contribution in [1.29, 1.82) is 0 Å². The highest BCUT2D eigenvalue weighted by Gasteiger charge is 2.39. The van der Waals surface area contributed by atoms with E-state index in [4.69, 9.17) is 4.74 Å². The molecule has 0 saturated heterocycles. The van der Waals surface area contributed by atoms with Crippen LogP contribution in [0.15, 0.2) is 12.7 Å². The normalized spacial score (nSPS) is 30.1. The van der Waals surface area contributed by atoms with Gasteiger partial charge in [-0.1, -0.05) is 26.8 Å². The van der Waals surface area contributed by atoms with Crippen molar-refractivity contribution in [2.24, 2.45) is 5.92 Å². The fraction of sp³-hybridized carbons (Fsp3) is 0.769. The van der Waals surface area contributed by atoms with Gasteiger partial charge in [0.25, 0.3) is 0 Å². The average molecular weight is 210 g/mol. The van der Waals surface area contributed by atoms with Gasteiger partial charge >= 0.3 is 5.97 Å². The predicted molar refractivity (Wildman–Crippen MR) is 61.6 cm³/mol. The van der Waals surface area contributed by atoms with Gasteiger partial charge in [0.1, 0.15) is 5.60 Å². The van der Waals surface area contributed by atoms with Crippen LogP contribution >= 0.6 is 0 Å². The van der Waals surface area contributed by atoms with Crippen LogP contribution in [0.2, 0.25) is 0 Å². The van der Waals surface area contributed by atoms with Gasteiger partial charge in [0.05, 0.1) is 0 Å². The summed E-state index contributed by atoms with van der Waals surface area (Å²) in [6.45, 7) is 7.86. The Kier molecular flexibility index (Phi) is 4.37. The van der Waals surface area contributed by atoms with Crippen molar-refractivity contribution in [1.82, 2.24) is 0 Å². The first-order valence-corrected chi connectivity index (χ1v) is 5.97. The Hall–Kier alpha value is -0.790. The van der Waals surface area contributed by atoms with Crippen LogP contribution in [0, 0.1) is 5.92 Å². The van der Waals surface area contributed by atoms with E-state index in [2.05, 4.69) is 20.4 Å². The summed E-state index contributed by atoms with van der Waals surface area (Å²) in [7, 11) is 0. The van der Waals surface area contributed by atoms with E-state index in [9.17, 15) is 4.79 Å². The maximum Gasteiger partial charge on any atom is 0.330 e. The van der Waals surface area contributed by atoms with Crippen molar-refractivity contribution in [3.8, 4) is 0 Å². The lowest BCUT2D eigenvalue weighted by Crippen LogP contribution is -2.31. The zero-order valence-corrected chi connectivity index (χ0v) is 9.92. The quantitative estimate of drug-likeness (QED) is 0.513. The van der Waals surface area contributed by atoms with Gasteiger partial charge in [-0.05, 0) is 38.0 Å². The van der Waals surface area contributed by atoms with E-state index >= 15 is 0 Å². The van der Waals surface area contributed by atoms with E-state index in [1.165, 1.54) is 12.5 Å². The zero-order valence-electron chi connectivity index (χ0n) is 9.92. The molecule has 86 valence electrons. The largest absolute Gasteiger partial charge is 0.456 e. The summed E-state index contributed by atoms with van der Waals surface area (Å²) in [5.74, 6) is 0.416. The molecular weight excluding hydrogens is 188 g/mol. The molecule has 0 aromatic carbocycles. The highest BCUT2D eigenvalue weighted by Crippen LogP contribution is 2.40. The van der Waals surface area contributed by atoms with E-state index in [0.717, 1.165) is 32.1 Å². The molecule has 2 nitrogen and oxygen atoms in total. The van der Waals surface area contributed by atoms with E-state index in [0.29, 0.717) is 5.92 Å². The lowest BCUT2D eigenvalue weighted by atomic mass is 9.93. The Morgan fingerprint density at radius 2 is 2.40 bits per heavy atom. The molecule has 0 bridgehead atoms. The Morgan fingerprint density at radius 3 is 2.87 bits per heavy atom. The van der Waals surface area contributed by atoms with Gasteiger partial charge < -0.3 is 4.74 Å². The van der Waals surface area contributed by atoms with Crippen LogP contribution in [0.3, 0.4) is 0 Å². The summed E-state index contributed by atoms with van der Waals surface area (Å²) in [6, 6.07) is 0. The molecule has 0 aromatic rings. The predicted octanol–water partition coefficient (Wildman–Crippen LogP) is 3.46. The summed E-state index contributed by atoms with van der Waals surface area (Å²) < 4.78 is 5.56. The van der Waals surface area contributed by atoms with Crippen molar-refractivity contribution in [3.05, 3.63) is 12.7 Å². The first-order valence-electron chi connectivity index (χ1n) is 5.97. The fourth-order valence-corrected chi connectivity index (χ4v) is 2.47. The summed E-state index contributed by atoms with van der Waals surface area (Å²) in [5.41, 5.74) is -0.180. The van der Waals surface area contributed by atoms with E-state index < -0.39 is 0 Å². The van der Waals surface area contributed by atoms with Crippen molar-refractivity contribution >= 4 is 5.97 Å². The van der Waals surface area contributed by atoms with Gasteiger partial charge in [-0.2, -0.15) is 0 Å². The van der Waals surface area contributed by atoms with Crippen molar-refractivity contribution in [2.75, 3.05) is 0 Å². The second-order valence-electron chi connectivity index (χ2n) is 4.76. The molecule has 2 heteroatoms. The maximum absolute atomic E-state index is 11.3. The van der Waals surface area contributed by atoms with Gasteiger partial charge in [-0.25, -0.2) is 4.79 Å². The molecular formula is C13H22O2. The molecule has 0 aromatic heterocycles. The molecule has 0 aliphatic heterocycles. The third-order valence-electron chi connectivity index (χ3n) is 3.28. The highest BCUT2D eigenvalue weighted by molar-refractivity contribution is 5.81. The molecule has 0 N–H and O–H groups in total. The van der Waals surface area contributed by atoms with Crippen LogP contribution in [-0.2, 0) is 9.53 Å². The van der Waals surface area contributed by atoms with Gasteiger partial charge in [-0.15, -0.1) is 0 Å². The molecule has 1 rings (SSSR count). The smallest absolute Gasteiger partial charge is 0.330 e. The van der Waals surface area contributed by atoms with Crippen LogP contribution in [-0.4, -0.2) is 11.6 Å². The number of ether oxygens (including phenoxy) is 1. The maximum atomic E-state index is 11.3. The van der Waals surface area contributed by atoms with Crippen LogP contribution in [0.4, 0.5) is 0 Å². The van der Waals surface area contributed by atoms with E-state index in [-0.39, 0.29) is 11.6 Å². The number of unbranched alkanes of at least 4 members (excludes halogenated alkanes) is 1. The van der Waals surface area contributed by atoms with Crippen LogP contribution in [0.25, 0.3) is 0 Å². The third-order valence-corrected chi connectivity index (χ3v) is 3.28. The van der Waals surface area contributed by atoms with Crippen molar-refractivity contribution in [3.63, 3.8) is 0 Å². The van der Waals surface area contributed by atoms with Gasteiger partial charge in [0.15, 0.2) is 0 Å². The minimum absolute atomic E-state index is 0.180.